The Morgan fingerprint density at radius 3 is 2.19 bits per heavy atom. The van der Waals surface area contributed by atoms with Crippen molar-refractivity contribution in [2.24, 2.45) is 11.7 Å². The van der Waals surface area contributed by atoms with Crippen molar-refractivity contribution in [3.8, 4) is 0 Å². The molecule has 96 valence electrons. The molecule has 0 spiro atoms. The quantitative estimate of drug-likeness (QED) is 0.679. The minimum Gasteiger partial charge on any atom is -0.359 e. The molecule has 0 rings (SSSR count). The zero-order valence-corrected chi connectivity index (χ0v) is 11.3. The van der Waals surface area contributed by atoms with Crippen LogP contribution in [0.2, 0.25) is 0 Å². The van der Waals surface area contributed by atoms with Crippen LogP contribution in [0.1, 0.15) is 34.1 Å². The summed E-state index contributed by atoms with van der Waals surface area (Å²) in [6.07, 6.45) is 0.484. The molecule has 16 heavy (non-hydrogen) atoms. The number of hydrogen-bond acceptors (Lipinski definition) is 3. The molecule has 4 nitrogen and oxygen atoms in total. The first kappa shape index (κ1) is 15.4. The van der Waals surface area contributed by atoms with Gasteiger partial charge in [0.2, 0.25) is 5.91 Å². The van der Waals surface area contributed by atoms with Crippen molar-refractivity contribution in [3.05, 3.63) is 0 Å². The van der Waals surface area contributed by atoms with E-state index in [4.69, 9.17) is 5.73 Å². The smallest absolute Gasteiger partial charge is 0.221 e. The van der Waals surface area contributed by atoms with Crippen molar-refractivity contribution in [3.63, 3.8) is 0 Å². The van der Waals surface area contributed by atoms with Crippen LogP contribution in [0.5, 0.6) is 0 Å². The maximum atomic E-state index is 11.4. The van der Waals surface area contributed by atoms with Gasteiger partial charge in [0.25, 0.3) is 0 Å². The molecule has 1 unspecified atom stereocenters. The van der Waals surface area contributed by atoms with Gasteiger partial charge in [0.1, 0.15) is 0 Å². The van der Waals surface area contributed by atoms with Gasteiger partial charge >= 0.3 is 0 Å². The first-order chi connectivity index (χ1) is 7.42. The number of nitrogens with one attached hydrogen (secondary N) is 1. The first-order valence-corrected chi connectivity index (χ1v) is 6.08. The Hall–Kier alpha value is -0.610. The molecule has 0 aliphatic carbocycles. The summed E-state index contributed by atoms with van der Waals surface area (Å²) in [4.78, 5) is 13.7. The Balaban J connectivity index is 4.51. The van der Waals surface area contributed by atoms with Gasteiger partial charge in [-0.2, -0.15) is 0 Å². The number of hydrogen-bond donors (Lipinski definition) is 2. The molecule has 0 aliphatic heterocycles. The van der Waals surface area contributed by atoms with E-state index in [-0.39, 0.29) is 11.9 Å². The number of nitrogens with zero attached hydrogens (tertiary/aromatic N) is 1. The van der Waals surface area contributed by atoms with E-state index < -0.39 is 0 Å². The third-order valence-electron chi connectivity index (χ3n) is 2.68. The van der Waals surface area contributed by atoms with Crippen LogP contribution in [-0.2, 0) is 4.79 Å². The van der Waals surface area contributed by atoms with Gasteiger partial charge in [-0.3, -0.25) is 9.69 Å². The Kier molecular flexibility index (Phi) is 7.34. The second-order valence-corrected chi connectivity index (χ2v) is 4.95. The summed E-state index contributed by atoms with van der Waals surface area (Å²) < 4.78 is 0. The maximum Gasteiger partial charge on any atom is 0.221 e. The molecule has 0 aliphatic rings. The number of amides is 1. The fraction of sp³-hybridized carbons (Fsp3) is 0.917. The lowest BCUT2D eigenvalue weighted by Crippen LogP contribution is -2.48. The van der Waals surface area contributed by atoms with E-state index in [9.17, 15) is 4.79 Å². The predicted molar refractivity (Wildman–Crippen MR) is 68.2 cm³/mol. The second-order valence-electron chi connectivity index (χ2n) is 4.95. The SMILES string of the molecule is CNC(=O)CC(CN)N(CC(C)C)C(C)C. The molecule has 0 aromatic carbocycles. The van der Waals surface area contributed by atoms with Crippen molar-refractivity contribution in [2.45, 2.75) is 46.2 Å². The van der Waals surface area contributed by atoms with Gasteiger partial charge in [0.05, 0.1) is 0 Å². The molecule has 1 amide bonds. The number of carbonyl (C=O) groups is 1. The van der Waals surface area contributed by atoms with Crippen molar-refractivity contribution < 1.29 is 4.79 Å². The van der Waals surface area contributed by atoms with Crippen molar-refractivity contribution in [2.75, 3.05) is 20.1 Å². The lowest BCUT2D eigenvalue weighted by atomic mass is 10.1. The Bertz CT molecular complexity index is 204. The summed E-state index contributed by atoms with van der Waals surface area (Å²) >= 11 is 0. The van der Waals surface area contributed by atoms with Crippen LogP contribution in [0, 0.1) is 5.92 Å². The maximum absolute atomic E-state index is 11.4. The molecule has 0 heterocycles. The molecule has 4 heteroatoms. The van der Waals surface area contributed by atoms with Gasteiger partial charge in [-0.05, 0) is 19.8 Å². The fourth-order valence-corrected chi connectivity index (χ4v) is 1.86. The number of nitrogens with two attached hydrogens (primary N) is 1. The summed E-state index contributed by atoms with van der Waals surface area (Å²) in [5.41, 5.74) is 5.77. The zero-order valence-electron chi connectivity index (χ0n) is 11.3. The molecule has 0 radical (unpaired) electrons. The number of carbonyl (C=O) groups excluding carboxylic acids is 1. The minimum atomic E-state index is 0.0601. The Morgan fingerprint density at radius 2 is 1.88 bits per heavy atom. The van der Waals surface area contributed by atoms with Gasteiger partial charge in [0.15, 0.2) is 0 Å². The van der Waals surface area contributed by atoms with Crippen molar-refractivity contribution >= 4 is 5.91 Å². The van der Waals surface area contributed by atoms with Crippen molar-refractivity contribution in [1.29, 1.82) is 0 Å². The van der Waals surface area contributed by atoms with Crippen LogP contribution >= 0.6 is 0 Å². The highest BCUT2D eigenvalue weighted by molar-refractivity contribution is 5.76. The van der Waals surface area contributed by atoms with E-state index >= 15 is 0 Å². The van der Waals surface area contributed by atoms with E-state index in [0.717, 1.165) is 6.54 Å². The van der Waals surface area contributed by atoms with Crippen LogP contribution < -0.4 is 11.1 Å². The highest BCUT2D eigenvalue weighted by Crippen LogP contribution is 2.11. The highest BCUT2D eigenvalue weighted by Gasteiger charge is 2.22. The molecular weight excluding hydrogens is 202 g/mol. The highest BCUT2D eigenvalue weighted by atomic mass is 16.1. The van der Waals surface area contributed by atoms with E-state index in [1.165, 1.54) is 0 Å². The summed E-state index contributed by atoms with van der Waals surface area (Å²) in [7, 11) is 1.66. The van der Waals surface area contributed by atoms with Crippen LogP contribution in [0.25, 0.3) is 0 Å². The molecular formula is C12H27N3O. The van der Waals surface area contributed by atoms with Crippen LogP contribution in [-0.4, -0.2) is 43.0 Å². The number of rotatable bonds is 7. The van der Waals surface area contributed by atoms with Crippen molar-refractivity contribution in [1.82, 2.24) is 10.2 Å². The molecule has 1 atom stereocenters. The predicted octanol–water partition coefficient (Wildman–Crippen LogP) is 0.816. The van der Waals surface area contributed by atoms with Gasteiger partial charge in [-0.15, -0.1) is 0 Å². The molecule has 0 fully saturated rings. The summed E-state index contributed by atoms with van der Waals surface area (Å²) in [6, 6.07) is 0.558. The first-order valence-electron chi connectivity index (χ1n) is 6.08. The summed E-state index contributed by atoms with van der Waals surface area (Å²) in [5, 5.41) is 2.66. The minimum absolute atomic E-state index is 0.0601. The van der Waals surface area contributed by atoms with E-state index in [1.807, 2.05) is 0 Å². The van der Waals surface area contributed by atoms with E-state index in [0.29, 0.717) is 24.9 Å². The topological polar surface area (TPSA) is 58.4 Å². The molecule has 0 aromatic heterocycles. The average Bonchev–Trinajstić information content (AvgIpc) is 2.21. The zero-order chi connectivity index (χ0) is 12.7. The lowest BCUT2D eigenvalue weighted by molar-refractivity contribution is -0.122. The average molecular weight is 229 g/mol. The Labute approximate surface area is 99.6 Å². The third-order valence-corrected chi connectivity index (χ3v) is 2.68. The molecule has 0 bridgehead atoms. The summed E-state index contributed by atoms with van der Waals surface area (Å²) in [6.45, 7) is 10.2. The molecule has 0 saturated carbocycles. The van der Waals surface area contributed by atoms with Crippen LogP contribution in [0.4, 0.5) is 0 Å². The molecule has 0 saturated heterocycles. The second kappa shape index (κ2) is 7.63. The van der Waals surface area contributed by atoms with Gasteiger partial charge in [-0.1, -0.05) is 13.8 Å². The van der Waals surface area contributed by atoms with Gasteiger partial charge in [-0.25, -0.2) is 0 Å². The normalized spacial score (nSPS) is 13.6. The van der Waals surface area contributed by atoms with Gasteiger partial charge < -0.3 is 11.1 Å². The standard InChI is InChI=1S/C12H27N3O/c1-9(2)8-15(10(3)4)11(7-13)6-12(16)14-5/h9-11H,6-8,13H2,1-5H3,(H,14,16). The van der Waals surface area contributed by atoms with Crippen LogP contribution in [0.15, 0.2) is 0 Å². The largest absolute Gasteiger partial charge is 0.359 e. The lowest BCUT2D eigenvalue weighted by Gasteiger charge is -2.35. The monoisotopic (exact) mass is 229 g/mol. The Morgan fingerprint density at radius 1 is 1.31 bits per heavy atom. The van der Waals surface area contributed by atoms with E-state index in [2.05, 4.69) is 37.9 Å². The van der Waals surface area contributed by atoms with Crippen LogP contribution in [0.3, 0.4) is 0 Å². The summed E-state index contributed by atoms with van der Waals surface area (Å²) in [5.74, 6) is 0.644. The fourth-order valence-electron chi connectivity index (χ4n) is 1.86. The molecule has 3 N–H and O–H groups in total. The third kappa shape index (κ3) is 5.47. The van der Waals surface area contributed by atoms with E-state index in [1.54, 1.807) is 7.05 Å². The van der Waals surface area contributed by atoms with Gasteiger partial charge in [0, 0.05) is 38.6 Å². The molecule has 0 aromatic rings.